The maximum Gasteiger partial charge on any atom is 0.154 e. The van der Waals surface area contributed by atoms with Crippen LogP contribution in [0.5, 0.6) is 0 Å². The summed E-state index contributed by atoms with van der Waals surface area (Å²) in [5.41, 5.74) is 2.10. The maximum absolute atomic E-state index is 12.0. The molecule has 102 valence electrons. The summed E-state index contributed by atoms with van der Waals surface area (Å²) in [5, 5.41) is 0. The number of fused-ring (bicyclic) bond motifs is 1. The molecule has 19 heavy (non-hydrogen) atoms. The molecule has 0 spiro atoms. The smallest absolute Gasteiger partial charge is 0.154 e. The number of rotatable bonds is 6. The van der Waals surface area contributed by atoms with Gasteiger partial charge in [0.15, 0.2) is 5.78 Å². The van der Waals surface area contributed by atoms with Crippen LogP contribution in [0.1, 0.15) is 19.2 Å². The van der Waals surface area contributed by atoms with Crippen molar-refractivity contribution in [2.24, 2.45) is 0 Å². The van der Waals surface area contributed by atoms with E-state index < -0.39 is 0 Å². The highest BCUT2D eigenvalue weighted by Gasteiger charge is 2.13. The zero-order valence-corrected chi connectivity index (χ0v) is 11.9. The lowest BCUT2D eigenvalue weighted by Gasteiger charge is -2.10. The lowest BCUT2D eigenvalue weighted by Crippen LogP contribution is -2.24. The van der Waals surface area contributed by atoms with Gasteiger partial charge in [-0.2, -0.15) is 0 Å². The number of para-hydroxylation sites is 2. The van der Waals surface area contributed by atoms with Crippen LogP contribution in [-0.2, 0) is 17.8 Å². The largest absolute Gasteiger partial charge is 0.328 e. The van der Waals surface area contributed by atoms with Crippen LogP contribution in [0.25, 0.3) is 11.0 Å². The number of likely N-dealkylation sites (N-methyl/N-ethyl adjacent to an activating group) is 1. The lowest BCUT2D eigenvalue weighted by atomic mass is 10.2. The van der Waals surface area contributed by atoms with Crippen LogP contribution in [0.3, 0.4) is 0 Å². The minimum absolute atomic E-state index is 0.206. The fraction of sp³-hybridized carbons (Fsp3) is 0.467. The summed E-state index contributed by atoms with van der Waals surface area (Å²) in [6, 6.07) is 8.07. The van der Waals surface area contributed by atoms with Gasteiger partial charge in [-0.05, 0) is 32.6 Å². The molecule has 0 saturated heterocycles. The minimum Gasteiger partial charge on any atom is -0.328 e. The Kier molecular flexibility index (Phi) is 4.32. The highest BCUT2D eigenvalue weighted by molar-refractivity contribution is 5.84. The molecule has 0 unspecified atom stereocenters. The first-order valence-electron chi connectivity index (χ1n) is 6.72. The summed E-state index contributed by atoms with van der Waals surface area (Å²) in [4.78, 5) is 18.5. The van der Waals surface area contributed by atoms with Crippen LogP contribution in [-0.4, -0.2) is 40.9 Å². The van der Waals surface area contributed by atoms with E-state index in [0.717, 1.165) is 29.8 Å². The topological polar surface area (TPSA) is 38.1 Å². The molecular formula is C15H21N3O. The van der Waals surface area contributed by atoms with E-state index in [1.165, 1.54) is 0 Å². The fourth-order valence-electron chi connectivity index (χ4n) is 2.32. The van der Waals surface area contributed by atoms with E-state index in [-0.39, 0.29) is 5.78 Å². The summed E-state index contributed by atoms with van der Waals surface area (Å²) in [7, 11) is 3.82. The molecule has 2 rings (SSSR count). The van der Waals surface area contributed by atoms with E-state index in [2.05, 4.69) is 22.5 Å². The zero-order valence-electron chi connectivity index (χ0n) is 11.9. The number of benzene rings is 1. The third kappa shape index (κ3) is 3.20. The molecule has 0 amide bonds. The molecule has 0 fully saturated rings. The van der Waals surface area contributed by atoms with E-state index in [4.69, 9.17) is 0 Å². The Morgan fingerprint density at radius 3 is 2.74 bits per heavy atom. The summed E-state index contributed by atoms with van der Waals surface area (Å²) >= 11 is 0. The third-order valence-electron chi connectivity index (χ3n) is 3.03. The number of carbonyl (C=O) groups is 1. The van der Waals surface area contributed by atoms with E-state index in [9.17, 15) is 4.79 Å². The summed E-state index contributed by atoms with van der Waals surface area (Å²) < 4.78 is 2.17. The molecule has 0 saturated carbocycles. The molecule has 0 N–H and O–H groups in total. The standard InChI is InChI=1S/C15H21N3O/c1-4-9-18-14-8-6-5-7-13(14)16-15(18)10-12(19)11-17(2)3/h5-8H,4,9-11H2,1-3H3. The first-order valence-corrected chi connectivity index (χ1v) is 6.72. The summed E-state index contributed by atoms with van der Waals surface area (Å²) in [6.07, 6.45) is 1.45. The van der Waals surface area contributed by atoms with E-state index in [1.807, 2.05) is 37.2 Å². The van der Waals surface area contributed by atoms with Crippen molar-refractivity contribution in [3.05, 3.63) is 30.1 Å². The van der Waals surface area contributed by atoms with Crippen molar-refractivity contribution in [1.82, 2.24) is 14.5 Å². The molecule has 0 atom stereocenters. The Morgan fingerprint density at radius 2 is 2.05 bits per heavy atom. The predicted molar refractivity (Wildman–Crippen MR) is 77.3 cm³/mol. The van der Waals surface area contributed by atoms with Crippen molar-refractivity contribution < 1.29 is 4.79 Å². The molecule has 0 aliphatic rings. The fourth-order valence-corrected chi connectivity index (χ4v) is 2.32. The van der Waals surface area contributed by atoms with Crippen molar-refractivity contribution in [3.63, 3.8) is 0 Å². The number of ketones is 1. The van der Waals surface area contributed by atoms with Crippen LogP contribution in [0.15, 0.2) is 24.3 Å². The normalized spacial score (nSPS) is 11.4. The van der Waals surface area contributed by atoms with Crippen molar-refractivity contribution >= 4 is 16.8 Å². The van der Waals surface area contributed by atoms with Gasteiger partial charge in [-0.15, -0.1) is 0 Å². The molecule has 1 aromatic heterocycles. The van der Waals surface area contributed by atoms with Crippen molar-refractivity contribution in [3.8, 4) is 0 Å². The van der Waals surface area contributed by atoms with Crippen LogP contribution in [0.4, 0.5) is 0 Å². The van der Waals surface area contributed by atoms with Gasteiger partial charge in [0.05, 0.1) is 24.0 Å². The number of Topliss-reactive ketones (excluding diaryl/α,β-unsaturated/α-hetero) is 1. The van der Waals surface area contributed by atoms with Crippen LogP contribution in [0.2, 0.25) is 0 Å². The van der Waals surface area contributed by atoms with Crippen molar-refractivity contribution in [2.45, 2.75) is 26.3 Å². The lowest BCUT2D eigenvalue weighted by molar-refractivity contribution is -0.119. The molecule has 1 heterocycles. The average molecular weight is 259 g/mol. The number of nitrogens with zero attached hydrogens (tertiary/aromatic N) is 3. The average Bonchev–Trinajstić information content (AvgIpc) is 2.67. The maximum atomic E-state index is 12.0. The SMILES string of the molecule is CCCn1c(CC(=O)CN(C)C)nc2ccccc21. The predicted octanol–water partition coefficient (Wildman–Crippen LogP) is 2.12. The molecule has 0 aliphatic heterocycles. The van der Waals surface area contributed by atoms with Gasteiger partial charge in [0.2, 0.25) is 0 Å². The second-order valence-electron chi connectivity index (χ2n) is 5.12. The second kappa shape index (κ2) is 5.97. The van der Waals surface area contributed by atoms with Crippen LogP contribution in [0, 0.1) is 0 Å². The monoisotopic (exact) mass is 259 g/mol. The molecule has 1 aromatic carbocycles. The molecule has 0 bridgehead atoms. The minimum atomic E-state index is 0.206. The number of aryl methyl sites for hydroxylation is 1. The summed E-state index contributed by atoms with van der Waals surface area (Å²) in [5.74, 6) is 1.09. The number of hydrogen-bond acceptors (Lipinski definition) is 3. The van der Waals surface area contributed by atoms with Crippen LogP contribution < -0.4 is 0 Å². The summed E-state index contributed by atoms with van der Waals surface area (Å²) in [6.45, 7) is 3.51. The number of carbonyl (C=O) groups excluding carboxylic acids is 1. The first-order chi connectivity index (χ1) is 9.11. The quantitative estimate of drug-likeness (QED) is 0.797. The van der Waals surface area contributed by atoms with Crippen molar-refractivity contribution in [1.29, 1.82) is 0 Å². The van der Waals surface area contributed by atoms with Gasteiger partial charge < -0.3 is 9.47 Å². The zero-order chi connectivity index (χ0) is 13.8. The molecule has 2 aromatic rings. The molecule has 0 aliphatic carbocycles. The third-order valence-corrected chi connectivity index (χ3v) is 3.03. The highest BCUT2D eigenvalue weighted by Crippen LogP contribution is 2.17. The van der Waals surface area contributed by atoms with Gasteiger partial charge in [-0.25, -0.2) is 4.98 Å². The Labute approximate surface area is 114 Å². The van der Waals surface area contributed by atoms with Gasteiger partial charge in [0.1, 0.15) is 5.82 Å². The van der Waals surface area contributed by atoms with E-state index in [1.54, 1.807) is 0 Å². The molecule has 0 radical (unpaired) electrons. The van der Waals surface area contributed by atoms with Crippen LogP contribution >= 0.6 is 0 Å². The highest BCUT2D eigenvalue weighted by atomic mass is 16.1. The number of hydrogen-bond donors (Lipinski definition) is 0. The van der Waals surface area contributed by atoms with Gasteiger partial charge in [0.25, 0.3) is 0 Å². The van der Waals surface area contributed by atoms with Gasteiger partial charge >= 0.3 is 0 Å². The van der Waals surface area contributed by atoms with Gasteiger partial charge in [0, 0.05) is 6.54 Å². The first kappa shape index (κ1) is 13.7. The van der Waals surface area contributed by atoms with Gasteiger partial charge in [-0.3, -0.25) is 4.79 Å². The Balaban J connectivity index is 2.31. The second-order valence-corrected chi connectivity index (χ2v) is 5.12. The molecular weight excluding hydrogens is 238 g/mol. The van der Waals surface area contributed by atoms with E-state index >= 15 is 0 Å². The molecule has 4 nitrogen and oxygen atoms in total. The number of aromatic nitrogens is 2. The van der Waals surface area contributed by atoms with E-state index in [0.29, 0.717) is 13.0 Å². The number of imidazole rings is 1. The Morgan fingerprint density at radius 1 is 1.32 bits per heavy atom. The molecule has 4 heteroatoms. The Bertz CT molecular complexity index is 572. The van der Waals surface area contributed by atoms with Gasteiger partial charge in [-0.1, -0.05) is 19.1 Å². The Hall–Kier alpha value is -1.68. The van der Waals surface area contributed by atoms with Crippen molar-refractivity contribution in [2.75, 3.05) is 20.6 Å².